The number of ether oxygens (including phenoxy) is 4. The van der Waals surface area contributed by atoms with Crippen LogP contribution in [0.15, 0.2) is 106 Å². The minimum Gasteiger partial charge on any atom is -0.458 e. The first-order valence-electron chi connectivity index (χ1n) is 14.0. The minimum absolute atomic E-state index is 0.334. The lowest BCUT2D eigenvalue weighted by atomic mass is 9.65. The third-order valence-electron chi connectivity index (χ3n) is 8.40. The topological polar surface area (TPSA) is 91.3 Å². The second-order valence-corrected chi connectivity index (χ2v) is 12.8. The molecule has 3 aliphatic rings. The largest absolute Gasteiger partial charge is 0.458 e. The highest BCUT2D eigenvalue weighted by atomic mass is 79.9. The number of aliphatic hydroxyl groups is 1. The molecule has 1 heterocycles. The van der Waals surface area contributed by atoms with Gasteiger partial charge in [0.2, 0.25) is 0 Å². The van der Waals surface area contributed by atoms with E-state index < -0.39 is 47.9 Å². The summed E-state index contributed by atoms with van der Waals surface area (Å²) in [5, 5.41) is 13.4. The Hall–Kier alpha value is -3.66. The minimum atomic E-state index is -1.42. The van der Waals surface area contributed by atoms with Gasteiger partial charge in [0.25, 0.3) is 5.79 Å². The van der Waals surface area contributed by atoms with Crippen molar-refractivity contribution in [2.45, 2.75) is 36.9 Å². The van der Waals surface area contributed by atoms with Crippen LogP contribution in [0.1, 0.15) is 33.6 Å². The Morgan fingerprint density at radius 2 is 1.33 bits per heavy atom. The molecular weight excluding hydrogens is 680 g/mol. The summed E-state index contributed by atoms with van der Waals surface area (Å²) in [5.41, 5.74) is 0.764. The van der Waals surface area contributed by atoms with Crippen LogP contribution in [-0.4, -0.2) is 41.1 Å². The fourth-order valence-corrected chi connectivity index (χ4v) is 6.98. The van der Waals surface area contributed by atoms with E-state index in [-0.39, 0.29) is 0 Å². The summed E-state index contributed by atoms with van der Waals surface area (Å²) in [6.07, 6.45) is 1.73. The Kier molecular flexibility index (Phi) is 7.27. The van der Waals surface area contributed by atoms with Gasteiger partial charge in [0.05, 0.1) is 28.5 Å². The number of carbonyl (C=O) groups is 2. The average molecular weight is 706 g/mol. The molecule has 0 radical (unpaired) electrons. The van der Waals surface area contributed by atoms with Crippen molar-refractivity contribution in [2.24, 2.45) is 11.8 Å². The molecule has 1 N–H and O–H groups in total. The van der Waals surface area contributed by atoms with Gasteiger partial charge in [-0.05, 0) is 91.0 Å². The predicted octanol–water partition coefficient (Wildman–Crippen LogP) is 7.24. The highest BCUT2D eigenvalue weighted by Crippen LogP contribution is 2.52. The van der Waals surface area contributed by atoms with E-state index in [0.29, 0.717) is 35.5 Å². The fourth-order valence-electron chi connectivity index (χ4n) is 6.45. The van der Waals surface area contributed by atoms with Crippen LogP contribution < -0.4 is 9.47 Å². The molecule has 1 fully saturated rings. The van der Waals surface area contributed by atoms with Crippen LogP contribution in [0, 0.1) is 11.8 Å². The van der Waals surface area contributed by atoms with Crippen molar-refractivity contribution in [1.29, 1.82) is 0 Å². The zero-order valence-corrected chi connectivity index (χ0v) is 25.9. The molecule has 7 rings (SSSR count). The van der Waals surface area contributed by atoms with Gasteiger partial charge in [-0.25, -0.2) is 9.59 Å². The van der Waals surface area contributed by atoms with E-state index >= 15 is 0 Å². The highest BCUT2D eigenvalue weighted by Gasteiger charge is 2.60. The van der Waals surface area contributed by atoms with Crippen molar-refractivity contribution >= 4 is 54.6 Å². The van der Waals surface area contributed by atoms with Gasteiger partial charge in [0, 0.05) is 14.9 Å². The number of esters is 2. The summed E-state index contributed by atoms with van der Waals surface area (Å²) < 4.78 is 27.1. The lowest BCUT2D eigenvalue weighted by Gasteiger charge is -2.53. The van der Waals surface area contributed by atoms with Gasteiger partial charge in [-0.3, -0.25) is 0 Å². The Balaban J connectivity index is 1.28. The monoisotopic (exact) mass is 704 g/mol. The van der Waals surface area contributed by atoms with E-state index in [2.05, 4.69) is 31.9 Å². The first-order chi connectivity index (χ1) is 20.8. The molecule has 4 aromatic rings. The summed E-state index contributed by atoms with van der Waals surface area (Å²) in [4.78, 5) is 26.6. The normalized spacial score (nSPS) is 24.9. The Bertz CT molecular complexity index is 1690. The molecule has 7 nitrogen and oxygen atoms in total. The third-order valence-corrected chi connectivity index (χ3v) is 9.45. The van der Waals surface area contributed by atoms with Crippen LogP contribution >= 0.6 is 31.9 Å². The predicted molar refractivity (Wildman–Crippen MR) is 166 cm³/mol. The standard InChI is InChI=1S/C34H26Br2O7/c35-22-11-7-20(8-12-22)32(38)40-25-16-15-24(37)31-30(25)26(41-33(39)21-9-13-23(36)14-10-21)17-18-34(31)42-27-5-1-3-19-4-2-6-28(43-34)29(19)27/h1-14,17-18,24-26,30-31,37H,15-16H2/t24-,25+,26+,30+,31-/m1/s1. The first-order valence-corrected chi connectivity index (χ1v) is 15.6. The maximum Gasteiger partial charge on any atom is 0.338 e. The fraction of sp³-hybridized carbons (Fsp3) is 0.235. The Morgan fingerprint density at radius 1 is 0.767 bits per heavy atom. The van der Waals surface area contributed by atoms with Crippen molar-refractivity contribution in [1.82, 2.24) is 0 Å². The van der Waals surface area contributed by atoms with Crippen molar-refractivity contribution < 1.29 is 33.6 Å². The quantitative estimate of drug-likeness (QED) is 0.177. The highest BCUT2D eigenvalue weighted by molar-refractivity contribution is 9.10. The Morgan fingerprint density at radius 3 is 1.91 bits per heavy atom. The number of aliphatic hydroxyl groups excluding tert-OH is 1. The van der Waals surface area contributed by atoms with Gasteiger partial charge >= 0.3 is 11.9 Å². The molecular formula is C34H26Br2O7. The second-order valence-electron chi connectivity index (χ2n) is 11.0. The number of benzene rings is 4. The molecule has 43 heavy (non-hydrogen) atoms. The number of halogens is 2. The van der Waals surface area contributed by atoms with Crippen LogP contribution in [0.25, 0.3) is 10.8 Å². The molecule has 2 aliphatic carbocycles. The van der Waals surface area contributed by atoms with E-state index in [1.807, 2.05) is 36.4 Å². The summed E-state index contributed by atoms with van der Waals surface area (Å²) in [6.45, 7) is 0. The smallest absolute Gasteiger partial charge is 0.338 e. The third kappa shape index (κ3) is 5.13. The lowest BCUT2D eigenvalue weighted by molar-refractivity contribution is -0.214. The van der Waals surface area contributed by atoms with E-state index in [0.717, 1.165) is 19.7 Å². The molecule has 218 valence electrons. The summed E-state index contributed by atoms with van der Waals surface area (Å²) in [6, 6.07) is 25.3. The maximum atomic E-state index is 13.3. The zero-order valence-electron chi connectivity index (χ0n) is 22.7. The zero-order chi connectivity index (χ0) is 29.7. The molecule has 5 atom stereocenters. The SMILES string of the molecule is O=C(O[C@H]1C=CC2(Oc3cccc4cccc(c34)O2)[C@H]2[C@H]1[C@@H](OC(=O)c1ccc(Br)cc1)CC[C@H]2O)c1ccc(Br)cc1. The van der Waals surface area contributed by atoms with Gasteiger partial charge in [-0.1, -0.05) is 56.1 Å². The molecule has 9 heteroatoms. The van der Waals surface area contributed by atoms with Crippen molar-refractivity contribution in [3.63, 3.8) is 0 Å². The Labute approximate surface area is 264 Å². The number of fused-ring (bicyclic) bond motifs is 2. The summed E-state index contributed by atoms with van der Waals surface area (Å²) in [7, 11) is 0. The summed E-state index contributed by atoms with van der Waals surface area (Å²) >= 11 is 6.79. The first kappa shape index (κ1) is 28.1. The molecule has 0 aromatic heterocycles. The molecule has 1 saturated carbocycles. The van der Waals surface area contributed by atoms with Crippen LogP contribution in [0.3, 0.4) is 0 Å². The molecule has 1 aliphatic heterocycles. The summed E-state index contributed by atoms with van der Waals surface area (Å²) in [5.74, 6) is -2.62. The number of hydrogen-bond donors (Lipinski definition) is 1. The average Bonchev–Trinajstić information content (AvgIpc) is 3.00. The van der Waals surface area contributed by atoms with E-state index in [4.69, 9.17) is 18.9 Å². The molecule has 0 saturated heterocycles. The maximum absolute atomic E-state index is 13.3. The van der Waals surface area contributed by atoms with E-state index in [9.17, 15) is 14.7 Å². The van der Waals surface area contributed by atoms with Crippen LogP contribution in [-0.2, 0) is 9.47 Å². The molecule has 4 aromatic carbocycles. The van der Waals surface area contributed by atoms with E-state index in [1.54, 1.807) is 60.7 Å². The number of rotatable bonds is 4. The van der Waals surface area contributed by atoms with Gasteiger partial charge in [0.15, 0.2) is 0 Å². The molecule has 1 spiro atoms. The van der Waals surface area contributed by atoms with Crippen molar-refractivity contribution in [2.75, 3.05) is 0 Å². The van der Waals surface area contributed by atoms with Gasteiger partial charge in [-0.15, -0.1) is 0 Å². The number of hydrogen-bond acceptors (Lipinski definition) is 7. The van der Waals surface area contributed by atoms with Gasteiger partial charge < -0.3 is 24.1 Å². The molecule has 0 bridgehead atoms. The van der Waals surface area contributed by atoms with Crippen molar-refractivity contribution in [3.8, 4) is 11.5 Å². The lowest BCUT2D eigenvalue weighted by Crippen LogP contribution is -2.64. The second kappa shape index (κ2) is 11.1. The van der Waals surface area contributed by atoms with Crippen LogP contribution in [0.5, 0.6) is 11.5 Å². The van der Waals surface area contributed by atoms with Crippen LogP contribution in [0.4, 0.5) is 0 Å². The van der Waals surface area contributed by atoms with Gasteiger partial charge in [-0.2, -0.15) is 0 Å². The number of carbonyl (C=O) groups excluding carboxylic acids is 2. The van der Waals surface area contributed by atoms with Gasteiger partial charge in [0.1, 0.15) is 23.7 Å². The van der Waals surface area contributed by atoms with Crippen molar-refractivity contribution in [3.05, 3.63) is 117 Å². The van der Waals surface area contributed by atoms with E-state index in [1.165, 1.54) is 0 Å². The molecule has 0 unspecified atom stereocenters. The molecule has 0 amide bonds. The van der Waals surface area contributed by atoms with Crippen LogP contribution in [0.2, 0.25) is 0 Å².